The molecule has 17 heavy (non-hydrogen) atoms. The number of ketones is 1. The van der Waals surface area contributed by atoms with E-state index in [-0.39, 0.29) is 5.78 Å². The Kier molecular flexibility index (Phi) is 2.93. The number of hydrogen-bond donors (Lipinski definition) is 0. The maximum absolute atomic E-state index is 11.8. The van der Waals surface area contributed by atoms with Crippen LogP contribution in [0.1, 0.15) is 39.5 Å². The molecule has 0 spiro atoms. The van der Waals surface area contributed by atoms with E-state index in [0.717, 1.165) is 12.8 Å². The number of rotatable bonds is 1. The average Bonchev–Trinajstić information content (AvgIpc) is 2.17. The van der Waals surface area contributed by atoms with Gasteiger partial charge in [-0.2, -0.15) is 0 Å². The first-order valence-electron chi connectivity index (χ1n) is 5.89. The van der Waals surface area contributed by atoms with Crippen molar-refractivity contribution in [3.8, 4) is 0 Å². The summed E-state index contributed by atoms with van der Waals surface area (Å²) >= 11 is 0. The first-order chi connectivity index (χ1) is 7.91. The third kappa shape index (κ3) is 2.33. The average molecular weight is 240 g/mol. The van der Waals surface area contributed by atoms with Crippen LogP contribution in [0.25, 0.3) is 0 Å². The first-order valence-corrected chi connectivity index (χ1v) is 5.89. The summed E-state index contributed by atoms with van der Waals surface area (Å²) in [7, 11) is 0. The Morgan fingerprint density at radius 3 is 2.18 bits per heavy atom. The molecule has 1 unspecified atom stereocenters. The van der Waals surface area contributed by atoms with Crippen molar-refractivity contribution in [2.45, 2.75) is 45.3 Å². The number of Topliss-reactive ketones (excluding diaryl/α,β-unsaturated/α-hetero) is 1. The van der Waals surface area contributed by atoms with E-state index in [2.05, 4.69) is 0 Å². The second-order valence-electron chi connectivity index (χ2n) is 5.04. The van der Waals surface area contributed by atoms with E-state index in [0.29, 0.717) is 12.8 Å². The minimum absolute atomic E-state index is 0.0325. The molecule has 2 fully saturated rings. The van der Waals surface area contributed by atoms with Crippen molar-refractivity contribution in [1.82, 2.24) is 0 Å². The molecule has 0 aromatic heterocycles. The second kappa shape index (κ2) is 4.13. The number of cyclic esters (lactones) is 2. The zero-order valence-electron chi connectivity index (χ0n) is 10.0. The molecule has 0 aromatic carbocycles. The Hall–Kier alpha value is -1.39. The standard InChI is InChI=1S/C12H16O5/c1-12(2)16-10(14)9(11(15)17-12)7-5-3-4-6-8(7)13/h7,9H,3-6H2,1-2H3. The summed E-state index contributed by atoms with van der Waals surface area (Å²) in [6, 6.07) is 0. The number of esters is 2. The molecule has 0 bridgehead atoms. The molecule has 1 heterocycles. The summed E-state index contributed by atoms with van der Waals surface area (Å²) in [5.41, 5.74) is 0. The summed E-state index contributed by atoms with van der Waals surface area (Å²) in [4.78, 5) is 35.3. The highest BCUT2D eigenvalue weighted by atomic mass is 16.7. The molecule has 0 aromatic rings. The lowest BCUT2D eigenvalue weighted by molar-refractivity contribution is -0.242. The summed E-state index contributed by atoms with van der Waals surface area (Å²) < 4.78 is 10.0. The van der Waals surface area contributed by atoms with Crippen molar-refractivity contribution in [2.75, 3.05) is 0 Å². The number of carbonyl (C=O) groups excluding carboxylic acids is 3. The molecule has 2 aliphatic rings. The van der Waals surface area contributed by atoms with Crippen LogP contribution >= 0.6 is 0 Å². The fourth-order valence-electron chi connectivity index (χ4n) is 2.42. The molecule has 94 valence electrons. The summed E-state index contributed by atoms with van der Waals surface area (Å²) in [6.07, 6.45) is 2.69. The Bertz CT molecular complexity index is 351. The predicted molar refractivity (Wildman–Crippen MR) is 56.7 cm³/mol. The molecule has 5 heteroatoms. The highest BCUT2D eigenvalue weighted by molar-refractivity contribution is 6.01. The van der Waals surface area contributed by atoms with Crippen LogP contribution in [0.2, 0.25) is 0 Å². The lowest BCUT2D eigenvalue weighted by Crippen LogP contribution is -2.50. The van der Waals surface area contributed by atoms with Crippen molar-refractivity contribution in [3.05, 3.63) is 0 Å². The fraction of sp³-hybridized carbons (Fsp3) is 0.750. The van der Waals surface area contributed by atoms with E-state index in [9.17, 15) is 14.4 Å². The van der Waals surface area contributed by atoms with Crippen LogP contribution in [0.3, 0.4) is 0 Å². The van der Waals surface area contributed by atoms with Gasteiger partial charge in [-0.25, -0.2) is 0 Å². The van der Waals surface area contributed by atoms with Gasteiger partial charge in [-0.15, -0.1) is 0 Å². The van der Waals surface area contributed by atoms with E-state index in [1.807, 2.05) is 0 Å². The lowest BCUT2D eigenvalue weighted by Gasteiger charge is -2.36. The van der Waals surface area contributed by atoms with Crippen molar-refractivity contribution in [3.63, 3.8) is 0 Å². The lowest BCUT2D eigenvalue weighted by atomic mass is 9.78. The van der Waals surface area contributed by atoms with Crippen molar-refractivity contribution >= 4 is 17.7 Å². The number of hydrogen-bond acceptors (Lipinski definition) is 5. The molecule has 0 radical (unpaired) electrons. The molecule has 2 rings (SSSR count). The van der Waals surface area contributed by atoms with Crippen LogP contribution in [0, 0.1) is 11.8 Å². The zero-order valence-corrected chi connectivity index (χ0v) is 10.0. The molecule has 1 aliphatic carbocycles. The SMILES string of the molecule is CC1(C)OC(=O)C(C2CCCCC2=O)C(=O)O1. The molecule has 1 atom stereocenters. The first kappa shape index (κ1) is 12.1. The highest BCUT2D eigenvalue weighted by Gasteiger charge is 2.49. The van der Waals surface area contributed by atoms with Crippen molar-refractivity contribution in [2.24, 2.45) is 11.8 Å². The minimum Gasteiger partial charge on any atom is -0.422 e. The van der Waals surface area contributed by atoms with E-state index >= 15 is 0 Å². The van der Waals surface area contributed by atoms with E-state index in [1.165, 1.54) is 13.8 Å². The normalized spacial score (nSPS) is 29.8. The monoisotopic (exact) mass is 240 g/mol. The van der Waals surface area contributed by atoms with Crippen LogP contribution in [0.4, 0.5) is 0 Å². The van der Waals surface area contributed by atoms with E-state index in [4.69, 9.17) is 9.47 Å². The molecule has 1 saturated carbocycles. The van der Waals surface area contributed by atoms with Gasteiger partial charge < -0.3 is 9.47 Å². The van der Waals surface area contributed by atoms with Crippen LogP contribution in [0.5, 0.6) is 0 Å². The van der Waals surface area contributed by atoms with Crippen LogP contribution < -0.4 is 0 Å². The quantitative estimate of drug-likeness (QED) is 0.508. The Balaban J connectivity index is 2.18. The number of carbonyl (C=O) groups is 3. The van der Waals surface area contributed by atoms with Crippen LogP contribution in [-0.2, 0) is 23.9 Å². The van der Waals surface area contributed by atoms with Gasteiger partial charge in [0, 0.05) is 26.2 Å². The second-order valence-corrected chi connectivity index (χ2v) is 5.04. The van der Waals surface area contributed by atoms with Gasteiger partial charge in [0.2, 0.25) is 0 Å². The van der Waals surface area contributed by atoms with Crippen molar-refractivity contribution in [1.29, 1.82) is 0 Å². The highest BCUT2D eigenvalue weighted by Crippen LogP contribution is 2.33. The third-order valence-corrected chi connectivity index (χ3v) is 3.20. The molecule has 1 saturated heterocycles. The Morgan fingerprint density at radius 1 is 1.06 bits per heavy atom. The maximum Gasteiger partial charge on any atom is 0.324 e. The fourth-order valence-corrected chi connectivity index (χ4v) is 2.42. The van der Waals surface area contributed by atoms with Gasteiger partial charge >= 0.3 is 11.9 Å². The molecule has 0 amide bonds. The molecule has 0 N–H and O–H groups in total. The maximum atomic E-state index is 11.8. The van der Waals surface area contributed by atoms with Gasteiger partial charge in [-0.1, -0.05) is 6.42 Å². The molecular weight excluding hydrogens is 224 g/mol. The molecule has 5 nitrogen and oxygen atoms in total. The Labute approximate surface area is 99.5 Å². The van der Waals surface area contributed by atoms with Gasteiger partial charge in [0.1, 0.15) is 5.78 Å². The van der Waals surface area contributed by atoms with Gasteiger partial charge in [0.15, 0.2) is 5.92 Å². The number of ether oxygens (including phenoxy) is 2. The van der Waals surface area contributed by atoms with Crippen molar-refractivity contribution < 1.29 is 23.9 Å². The topological polar surface area (TPSA) is 69.7 Å². The third-order valence-electron chi connectivity index (χ3n) is 3.20. The van der Waals surface area contributed by atoms with Gasteiger partial charge in [0.05, 0.1) is 0 Å². The van der Waals surface area contributed by atoms with Crippen LogP contribution in [-0.4, -0.2) is 23.5 Å². The molecular formula is C12H16O5. The zero-order chi connectivity index (χ0) is 12.6. The smallest absolute Gasteiger partial charge is 0.324 e. The summed E-state index contributed by atoms with van der Waals surface area (Å²) in [5, 5.41) is 0. The largest absolute Gasteiger partial charge is 0.422 e. The Morgan fingerprint density at radius 2 is 1.65 bits per heavy atom. The summed E-state index contributed by atoms with van der Waals surface area (Å²) in [5.74, 6) is -4.13. The minimum atomic E-state index is -1.22. The summed E-state index contributed by atoms with van der Waals surface area (Å²) in [6.45, 7) is 3.00. The van der Waals surface area contributed by atoms with Gasteiger partial charge in [0.25, 0.3) is 5.79 Å². The molecule has 1 aliphatic heterocycles. The van der Waals surface area contributed by atoms with Gasteiger partial charge in [-0.05, 0) is 12.8 Å². The van der Waals surface area contributed by atoms with E-state index in [1.54, 1.807) is 0 Å². The van der Waals surface area contributed by atoms with Crippen LogP contribution in [0.15, 0.2) is 0 Å². The van der Waals surface area contributed by atoms with Gasteiger partial charge in [-0.3, -0.25) is 14.4 Å². The van der Waals surface area contributed by atoms with E-state index < -0.39 is 29.6 Å². The predicted octanol–water partition coefficient (Wildman–Crippen LogP) is 1.20.